The van der Waals surface area contributed by atoms with Gasteiger partial charge in [-0.25, -0.2) is 0 Å². The molecule has 2 heterocycles. The van der Waals surface area contributed by atoms with E-state index >= 15 is 0 Å². The highest BCUT2D eigenvalue weighted by Gasteiger charge is 2.59. The summed E-state index contributed by atoms with van der Waals surface area (Å²) in [5, 5.41) is -0.323. The van der Waals surface area contributed by atoms with Gasteiger partial charge in [0.1, 0.15) is 0 Å². The number of nitrogens with zero attached hydrogens (tertiary/aromatic N) is 2. The molecule has 0 radical (unpaired) electrons. The molecular formula is C31H40N2P2. The highest BCUT2D eigenvalue weighted by Crippen LogP contribution is 2.69. The highest BCUT2D eigenvalue weighted by atomic mass is 31.0. The summed E-state index contributed by atoms with van der Waals surface area (Å²) in [7, 11) is 6.48. The zero-order chi connectivity index (χ0) is 24.4. The van der Waals surface area contributed by atoms with Gasteiger partial charge in [-0.3, -0.25) is 9.97 Å². The molecule has 0 N–H and O–H groups in total. The number of allylic oxidation sites excluding steroid dienone is 4. The minimum atomic E-state index is -0.323. The van der Waals surface area contributed by atoms with Crippen LogP contribution in [0.2, 0.25) is 0 Å². The summed E-state index contributed by atoms with van der Waals surface area (Å²) < 4.78 is 0. The van der Waals surface area contributed by atoms with E-state index < -0.39 is 0 Å². The Bertz CT molecular complexity index is 1110. The van der Waals surface area contributed by atoms with E-state index in [1.165, 1.54) is 49.4 Å². The van der Waals surface area contributed by atoms with E-state index in [0.717, 1.165) is 30.1 Å². The van der Waals surface area contributed by atoms with Gasteiger partial charge in [0.05, 0.1) is 5.16 Å². The molecule has 35 heavy (non-hydrogen) atoms. The van der Waals surface area contributed by atoms with Crippen molar-refractivity contribution in [1.29, 1.82) is 0 Å². The lowest BCUT2D eigenvalue weighted by Crippen LogP contribution is -2.54. The van der Waals surface area contributed by atoms with Crippen molar-refractivity contribution in [3.63, 3.8) is 0 Å². The van der Waals surface area contributed by atoms with Crippen LogP contribution in [0.3, 0.4) is 0 Å². The molecule has 7 rings (SSSR count). The van der Waals surface area contributed by atoms with Gasteiger partial charge in [0.25, 0.3) is 0 Å². The number of hydrogen-bond acceptors (Lipinski definition) is 2. The first-order valence-electron chi connectivity index (χ1n) is 13.5. The number of hydrogen-bond donors (Lipinski definition) is 0. The van der Waals surface area contributed by atoms with Crippen LogP contribution >= 0.6 is 18.5 Å². The summed E-state index contributed by atoms with van der Waals surface area (Å²) in [6.07, 6.45) is 20.0. The van der Waals surface area contributed by atoms with Gasteiger partial charge in [0.2, 0.25) is 0 Å². The van der Waals surface area contributed by atoms with Gasteiger partial charge in [-0.15, -0.1) is 18.5 Å². The molecule has 4 saturated carbocycles. The molecule has 4 fully saturated rings. The topological polar surface area (TPSA) is 25.8 Å². The van der Waals surface area contributed by atoms with Crippen molar-refractivity contribution in [3.8, 4) is 0 Å². The number of rotatable bonds is 5. The van der Waals surface area contributed by atoms with E-state index in [1.807, 2.05) is 12.4 Å². The van der Waals surface area contributed by atoms with E-state index in [-0.39, 0.29) is 10.6 Å². The van der Waals surface area contributed by atoms with Crippen LogP contribution in [0, 0.1) is 34.5 Å². The zero-order valence-corrected chi connectivity index (χ0v) is 23.8. The molecular weight excluding hydrogens is 462 g/mol. The molecule has 0 aromatic carbocycles. The molecule has 184 valence electrons. The number of aromatic nitrogens is 2. The van der Waals surface area contributed by atoms with E-state index in [4.69, 9.17) is 0 Å². The van der Waals surface area contributed by atoms with Gasteiger partial charge in [0.15, 0.2) is 0 Å². The van der Waals surface area contributed by atoms with Gasteiger partial charge >= 0.3 is 0 Å². The third kappa shape index (κ3) is 3.73. The number of pyridine rings is 2. The molecule has 0 saturated heterocycles. The second kappa shape index (κ2) is 8.60. The standard InChI is InChI=1S/C31H40N2P2/c1-29(2,3)25-13-26(30-15-20-10-21(16-30)12-22(11-20)28(30)19-34)27(14-25)31(35,23-6-4-8-32-17-23)24-7-5-9-33-18-24/h4-9,13,17-18,20-22,28H,10-12,14-16,19,34-35H2,1-3H3. The predicted molar refractivity (Wildman–Crippen MR) is 152 cm³/mol. The molecule has 5 aliphatic rings. The van der Waals surface area contributed by atoms with Crippen molar-refractivity contribution in [2.45, 2.75) is 64.5 Å². The molecule has 5 atom stereocenters. The average Bonchev–Trinajstić information content (AvgIpc) is 3.32. The van der Waals surface area contributed by atoms with Crippen molar-refractivity contribution in [2.75, 3.05) is 6.16 Å². The second-order valence-corrected chi connectivity index (χ2v) is 14.2. The molecule has 5 unspecified atom stereocenters. The van der Waals surface area contributed by atoms with Crippen LogP contribution in [0.1, 0.15) is 70.4 Å². The SMILES string of the molecule is CC(C)(C)C1=CC(C23CC4CC(CC(C4)C2CP)C3)=C(C(P)(c2cccnc2)c2cccnc2)C1. The largest absolute Gasteiger partial charge is 0.264 e. The molecule has 5 aliphatic carbocycles. The zero-order valence-electron chi connectivity index (χ0n) is 21.5. The molecule has 4 heteroatoms. The summed E-state index contributed by atoms with van der Waals surface area (Å²) in [4.78, 5) is 9.17. The summed E-state index contributed by atoms with van der Waals surface area (Å²) in [5.74, 6) is 3.50. The predicted octanol–water partition coefficient (Wildman–Crippen LogP) is 7.59. The minimum absolute atomic E-state index is 0.154. The van der Waals surface area contributed by atoms with Crippen molar-refractivity contribution in [3.05, 3.63) is 83.0 Å². The van der Waals surface area contributed by atoms with Crippen molar-refractivity contribution < 1.29 is 0 Å². The lowest BCUT2D eigenvalue weighted by atomic mass is 9.43. The molecule has 4 bridgehead atoms. The van der Waals surface area contributed by atoms with Gasteiger partial charge in [-0.2, -0.15) is 0 Å². The lowest BCUT2D eigenvalue weighted by Gasteiger charge is -2.62. The second-order valence-electron chi connectivity index (χ2n) is 12.9. The van der Waals surface area contributed by atoms with Crippen molar-refractivity contribution >= 4 is 18.5 Å². The first-order chi connectivity index (χ1) is 16.8. The maximum Gasteiger partial charge on any atom is 0.0590 e. The van der Waals surface area contributed by atoms with Crippen molar-refractivity contribution in [2.24, 2.45) is 34.5 Å². The van der Waals surface area contributed by atoms with E-state index in [9.17, 15) is 0 Å². The van der Waals surface area contributed by atoms with E-state index in [0.29, 0.717) is 5.41 Å². The highest BCUT2D eigenvalue weighted by molar-refractivity contribution is 7.19. The third-order valence-electron chi connectivity index (χ3n) is 10.00. The fourth-order valence-electron chi connectivity index (χ4n) is 8.57. The quantitative estimate of drug-likeness (QED) is 0.394. The van der Waals surface area contributed by atoms with Gasteiger partial charge in [-0.1, -0.05) is 44.6 Å². The Labute approximate surface area is 216 Å². The Hall–Kier alpha value is -1.36. The van der Waals surface area contributed by atoms with Crippen LogP contribution in [0.15, 0.2) is 71.8 Å². The fraction of sp³-hybridized carbons (Fsp3) is 0.548. The van der Waals surface area contributed by atoms with Crippen molar-refractivity contribution in [1.82, 2.24) is 9.97 Å². The molecule has 0 aliphatic heterocycles. The van der Waals surface area contributed by atoms with E-state index in [2.05, 4.69) is 92.0 Å². The Morgan fingerprint density at radius 2 is 1.54 bits per heavy atom. The monoisotopic (exact) mass is 502 g/mol. The molecule has 2 aromatic rings. The molecule has 2 aromatic heterocycles. The van der Waals surface area contributed by atoms with E-state index in [1.54, 1.807) is 16.7 Å². The first-order valence-corrected chi connectivity index (χ1v) is 14.9. The first kappa shape index (κ1) is 24.0. The Kier molecular flexibility index (Phi) is 5.90. The summed E-state index contributed by atoms with van der Waals surface area (Å²) in [6.45, 7) is 7.18. The van der Waals surface area contributed by atoms with Gasteiger partial charge in [0, 0.05) is 24.8 Å². The summed E-state index contributed by atoms with van der Waals surface area (Å²) >= 11 is 0. The Morgan fingerprint density at radius 1 is 0.943 bits per heavy atom. The third-order valence-corrected chi connectivity index (χ3v) is 11.5. The van der Waals surface area contributed by atoms with Crippen LogP contribution in [0.25, 0.3) is 0 Å². The van der Waals surface area contributed by atoms with Crippen LogP contribution in [0.5, 0.6) is 0 Å². The van der Waals surface area contributed by atoms with Crippen LogP contribution in [-0.2, 0) is 5.16 Å². The maximum absolute atomic E-state index is 4.59. The fourth-order valence-corrected chi connectivity index (χ4v) is 10.0. The lowest BCUT2D eigenvalue weighted by molar-refractivity contribution is -0.0764. The van der Waals surface area contributed by atoms with Gasteiger partial charge < -0.3 is 0 Å². The van der Waals surface area contributed by atoms with Crippen LogP contribution in [-0.4, -0.2) is 16.1 Å². The molecule has 2 nitrogen and oxygen atoms in total. The molecule has 0 spiro atoms. The van der Waals surface area contributed by atoms with Crippen LogP contribution < -0.4 is 0 Å². The Balaban J connectivity index is 1.61. The molecule has 0 amide bonds. The summed E-state index contributed by atoms with van der Waals surface area (Å²) in [5.41, 5.74) is 7.81. The smallest absolute Gasteiger partial charge is 0.0590 e. The average molecular weight is 503 g/mol. The minimum Gasteiger partial charge on any atom is -0.264 e. The maximum atomic E-state index is 4.59. The Morgan fingerprint density at radius 3 is 2.03 bits per heavy atom. The normalized spacial score (nSPS) is 32.3. The summed E-state index contributed by atoms with van der Waals surface area (Å²) in [6, 6.07) is 8.71. The van der Waals surface area contributed by atoms with Gasteiger partial charge in [-0.05, 0) is 114 Å². The van der Waals surface area contributed by atoms with Crippen LogP contribution in [0.4, 0.5) is 0 Å².